The van der Waals surface area contributed by atoms with Gasteiger partial charge in [0.25, 0.3) is 5.91 Å². The Labute approximate surface area is 99.1 Å². The molecular weight excluding hydrogens is 220 g/mol. The quantitative estimate of drug-likeness (QED) is 0.604. The Morgan fingerprint density at radius 3 is 3.06 bits per heavy atom. The molecule has 2 N–H and O–H groups in total. The predicted molar refractivity (Wildman–Crippen MR) is 62.6 cm³/mol. The zero-order valence-corrected chi connectivity index (χ0v) is 9.56. The summed E-state index contributed by atoms with van der Waals surface area (Å²) in [6.45, 7) is 0.0102. The van der Waals surface area contributed by atoms with Crippen molar-refractivity contribution in [2.45, 2.75) is 12.8 Å². The predicted octanol–water partition coefficient (Wildman–Crippen LogP) is 0.936. The van der Waals surface area contributed by atoms with E-state index < -0.39 is 0 Å². The van der Waals surface area contributed by atoms with Gasteiger partial charge in [-0.1, -0.05) is 5.16 Å². The summed E-state index contributed by atoms with van der Waals surface area (Å²) in [5, 5.41) is 14.5. The van der Waals surface area contributed by atoms with E-state index in [-0.39, 0.29) is 12.5 Å². The molecule has 17 heavy (non-hydrogen) atoms. The number of carbonyl (C=O) groups is 1. The van der Waals surface area contributed by atoms with Gasteiger partial charge in [-0.3, -0.25) is 4.79 Å². The van der Waals surface area contributed by atoms with E-state index in [0.717, 1.165) is 24.0 Å². The van der Waals surface area contributed by atoms with Crippen LogP contribution in [0.25, 0.3) is 0 Å². The first-order valence-corrected chi connectivity index (χ1v) is 5.42. The van der Waals surface area contributed by atoms with Gasteiger partial charge >= 0.3 is 0 Å². The molecule has 1 aromatic rings. The lowest BCUT2D eigenvalue weighted by molar-refractivity contribution is -0.122. The number of oxime groups is 1. The van der Waals surface area contributed by atoms with Crippen LogP contribution in [0.1, 0.15) is 17.5 Å². The van der Waals surface area contributed by atoms with E-state index in [1.807, 2.05) is 12.1 Å². The van der Waals surface area contributed by atoms with Crippen molar-refractivity contribution in [2.24, 2.45) is 5.16 Å². The Bertz CT molecular complexity index is 469. The lowest BCUT2D eigenvalue weighted by Crippen LogP contribution is -2.24. The van der Waals surface area contributed by atoms with E-state index >= 15 is 0 Å². The molecule has 0 unspecified atom stereocenters. The molecule has 1 amide bonds. The molecule has 0 heterocycles. The Morgan fingerprint density at radius 1 is 1.53 bits per heavy atom. The van der Waals surface area contributed by atoms with Gasteiger partial charge in [0.05, 0.1) is 5.71 Å². The maximum atomic E-state index is 11.0. The number of hydrogen-bond acceptors (Lipinski definition) is 4. The summed E-state index contributed by atoms with van der Waals surface area (Å²) in [5.74, 6) is 0.495. The third kappa shape index (κ3) is 2.38. The van der Waals surface area contributed by atoms with E-state index in [1.54, 1.807) is 13.1 Å². The van der Waals surface area contributed by atoms with Gasteiger partial charge in [-0.2, -0.15) is 0 Å². The van der Waals surface area contributed by atoms with Crippen LogP contribution in [-0.4, -0.2) is 30.5 Å². The lowest BCUT2D eigenvalue weighted by Gasteiger charge is -2.07. The van der Waals surface area contributed by atoms with Crippen molar-refractivity contribution < 1.29 is 14.7 Å². The maximum absolute atomic E-state index is 11.0. The van der Waals surface area contributed by atoms with Crippen molar-refractivity contribution in [1.82, 2.24) is 5.32 Å². The van der Waals surface area contributed by atoms with Crippen molar-refractivity contribution in [2.75, 3.05) is 13.7 Å². The van der Waals surface area contributed by atoms with Crippen molar-refractivity contribution in [3.05, 3.63) is 29.3 Å². The van der Waals surface area contributed by atoms with Crippen LogP contribution in [0.3, 0.4) is 0 Å². The molecule has 1 aliphatic rings. The number of likely N-dealkylation sites (N-methyl/N-ethyl adjacent to an activating group) is 1. The third-order valence-corrected chi connectivity index (χ3v) is 2.79. The molecule has 5 nitrogen and oxygen atoms in total. The van der Waals surface area contributed by atoms with Crippen LogP contribution in [-0.2, 0) is 11.2 Å². The smallest absolute Gasteiger partial charge is 0.257 e. The molecule has 5 heteroatoms. The summed E-state index contributed by atoms with van der Waals surface area (Å²) in [5.41, 5.74) is 2.75. The first kappa shape index (κ1) is 11.4. The summed E-state index contributed by atoms with van der Waals surface area (Å²) >= 11 is 0. The van der Waals surface area contributed by atoms with E-state index in [4.69, 9.17) is 9.94 Å². The highest BCUT2D eigenvalue weighted by atomic mass is 16.5. The minimum atomic E-state index is -0.164. The van der Waals surface area contributed by atoms with Gasteiger partial charge in [-0.15, -0.1) is 0 Å². The van der Waals surface area contributed by atoms with Gasteiger partial charge in [-0.05, 0) is 36.6 Å². The molecule has 0 radical (unpaired) electrons. The summed E-state index contributed by atoms with van der Waals surface area (Å²) < 4.78 is 5.34. The standard InChI is InChI=1S/C12H14N2O3/c1-13-12(15)7-17-9-3-4-10-8(6-9)2-5-11(10)14-16/h3-4,6,16H,2,5,7H2,1H3,(H,13,15)/b14-11+. The summed E-state index contributed by atoms with van der Waals surface area (Å²) in [6, 6.07) is 5.52. The fraction of sp³-hybridized carbons (Fsp3) is 0.333. The van der Waals surface area contributed by atoms with Crippen LogP contribution < -0.4 is 10.1 Å². The molecular formula is C12H14N2O3. The Hall–Kier alpha value is -2.04. The summed E-state index contributed by atoms with van der Waals surface area (Å²) in [7, 11) is 1.57. The summed E-state index contributed by atoms with van der Waals surface area (Å²) in [4.78, 5) is 11.0. The second kappa shape index (κ2) is 4.86. The molecule has 0 atom stereocenters. The number of benzene rings is 1. The molecule has 0 saturated heterocycles. The van der Waals surface area contributed by atoms with Crippen LogP contribution >= 0.6 is 0 Å². The Balaban J connectivity index is 2.10. The lowest BCUT2D eigenvalue weighted by atomic mass is 10.1. The number of ether oxygens (including phenoxy) is 1. The summed E-state index contributed by atoms with van der Waals surface area (Å²) in [6.07, 6.45) is 1.58. The highest BCUT2D eigenvalue weighted by Crippen LogP contribution is 2.26. The van der Waals surface area contributed by atoms with E-state index in [1.165, 1.54) is 0 Å². The van der Waals surface area contributed by atoms with Crippen LogP contribution in [0.15, 0.2) is 23.4 Å². The molecule has 90 valence electrons. The largest absolute Gasteiger partial charge is 0.484 e. The highest BCUT2D eigenvalue weighted by Gasteiger charge is 2.18. The number of aryl methyl sites for hydroxylation is 1. The Morgan fingerprint density at radius 2 is 2.35 bits per heavy atom. The molecule has 1 aliphatic carbocycles. The zero-order valence-electron chi connectivity index (χ0n) is 9.56. The van der Waals surface area contributed by atoms with Gasteiger partial charge in [0.1, 0.15) is 5.75 Å². The number of nitrogens with zero attached hydrogens (tertiary/aromatic N) is 1. The van der Waals surface area contributed by atoms with Crippen molar-refractivity contribution in [3.63, 3.8) is 0 Å². The fourth-order valence-corrected chi connectivity index (χ4v) is 1.86. The van der Waals surface area contributed by atoms with E-state index in [9.17, 15) is 4.79 Å². The molecule has 0 aromatic heterocycles. The molecule has 0 bridgehead atoms. The number of amides is 1. The van der Waals surface area contributed by atoms with Gasteiger partial charge < -0.3 is 15.3 Å². The van der Waals surface area contributed by atoms with Crippen LogP contribution in [0.5, 0.6) is 5.75 Å². The number of rotatable bonds is 3. The average Bonchev–Trinajstić information content (AvgIpc) is 2.78. The third-order valence-electron chi connectivity index (χ3n) is 2.79. The van der Waals surface area contributed by atoms with Gasteiger partial charge in [0.15, 0.2) is 6.61 Å². The molecule has 0 spiro atoms. The first-order valence-electron chi connectivity index (χ1n) is 5.42. The number of hydrogen-bond donors (Lipinski definition) is 2. The number of nitrogens with one attached hydrogen (secondary N) is 1. The van der Waals surface area contributed by atoms with Crippen LogP contribution in [0.2, 0.25) is 0 Å². The molecule has 0 saturated carbocycles. The maximum Gasteiger partial charge on any atom is 0.257 e. The second-order valence-corrected chi connectivity index (χ2v) is 3.83. The minimum absolute atomic E-state index is 0.0102. The Kier molecular flexibility index (Phi) is 3.27. The van der Waals surface area contributed by atoms with Gasteiger partial charge in [-0.25, -0.2) is 0 Å². The topological polar surface area (TPSA) is 70.9 Å². The fourth-order valence-electron chi connectivity index (χ4n) is 1.86. The van der Waals surface area contributed by atoms with Gasteiger partial charge in [0, 0.05) is 12.6 Å². The second-order valence-electron chi connectivity index (χ2n) is 3.83. The van der Waals surface area contributed by atoms with Crippen molar-refractivity contribution in [1.29, 1.82) is 0 Å². The average molecular weight is 234 g/mol. The number of fused-ring (bicyclic) bond motifs is 1. The molecule has 0 aliphatic heterocycles. The monoisotopic (exact) mass is 234 g/mol. The molecule has 1 aromatic carbocycles. The van der Waals surface area contributed by atoms with Gasteiger partial charge in [0.2, 0.25) is 0 Å². The van der Waals surface area contributed by atoms with Crippen molar-refractivity contribution in [3.8, 4) is 5.75 Å². The molecule has 0 fully saturated rings. The van der Waals surface area contributed by atoms with Crippen molar-refractivity contribution >= 4 is 11.6 Å². The normalized spacial score (nSPS) is 15.7. The minimum Gasteiger partial charge on any atom is -0.484 e. The highest BCUT2D eigenvalue weighted by molar-refractivity contribution is 6.04. The first-order chi connectivity index (χ1) is 8.24. The van der Waals surface area contributed by atoms with Crippen LogP contribution in [0, 0.1) is 0 Å². The molecule has 2 rings (SSSR count). The van der Waals surface area contributed by atoms with Crippen LogP contribution in [0.4, 0.5) is 0 Å². The number of carbonyl (C=O) groups excluding carboxylic acids is 1. The van der Waals surface area contributed by atoms with E-state index in [0.29, 0.717) is 11.5 Å². The van der Waals surface area contributed by atoms with E-state index in [2.05, 4.69) is 10.5 Å². The SMILES string of the molecule is CNC(=O)COc1ccc2c(c1)CC/C2=N\O. The zero-order chi connectivity index (χ0) is 12.3.